The lowest BCUT2D eigenvalue weighted by Gasteiger charge is -2.20. The summed E-state index contributed by atoms with van der Waals surface area (Å²) in [5.74, 6) is -0.337. The molecule has 0 aliphatic carbocycles. The molecule has 0 spiro atoms. The van der Waals surface area contributed by atoms with Crippen LogP contribution in [0.2, 0.25) is 5.02 Å². The molecule has 1 atom stereocenters. The van der Waals surface area contributed by atoms with Crippen molar-refractivity contribution >= 4 is 27.5 Å². The summed E-state index contributed by atoms with van der Waals surface area (Å²) in [4.78, 5) is 12.9. The molecule has 2 rings (SSSR count). The van der Waals surface area contributed by atoms with Gasteiger partial charge in [-0.15, -0.1) is 0 Å². The maximum absolute atomic E-state index is 12.8. The topological polar surface area (TPSA) is 66.5 Å². The lowest BCUT2D eigenvalue weighted by atomic mass is 10.1. The van der Waals surface area contributed by atoms with Gasteiger partial charge in [0, 0.05) is 23.7 Å². The number of benzene rings is 2. The highest BCUT2D eigenvalue weighted by atomic mass is 35.5. The van der Waals surface area contributed by atoms with Crippen LogP contribution in [0.5, 0.6) is 0 Å². The molecule has 5 nitrogen and oxygen atoms in total. The molecule has 0 aromatic heterocycles. The summed E-state index contributed by atoms with van der Waals surface area (Å²) in [7, 11) is -3.63. The lowest BCUT2D eigenvalue weighted by molar-refractivity contribution is 0.0939. The minimum atomic E-state index is -3.63. The molecule has 0 aliphatic rings. The molecule has 1 amide bonds. The number of nitrogens with one attached hydrogen (secondary N) is 1. The average Bonchev–Trinajstić information content (AvgIpc) is 2.62. The first kappa shape index (κ1) is 21.4. The highest BCUT2D eigenvalue weighted by Crippen LogP contribution is 2.24. The van der Waals surface area contributed by atoms with Crippen LogP contribution in [0.4, 0.5) is 0 Å². The Kier molecular flexibility index (Phi) is 7.03. The third-order valence-corrected chi connectivity index (χ3v) is 6.91. The number of nitrogens with zero attached hydrogens (tertiary/aromatic N) is 1. The fraction of sp³-hybridized carbons (Fsp3) is 0.350. The van der Waals surface area contributed by atoms with Gasteiger partial charge in [0.05, 0.1) is 10.9 Å². The van der Waals surface area contributed by atoms with Gasteiger partial charge in [-0.05, 0) is 43.2 Å². The number of amides is 1. The average molecular weight is 409 g/mol. The second-order valence-electron chi connectivity index (χ2n) is 6.28. The van der Waals surface area contributed by atoms with E-state index in [9.17, 15) is 13.2 Å². The van der Waals surface area contributed by atoms with Gasteiger partial charge in [0.1, 0.15) is 0 Å². The Labute approximate surface area is 166 Å². The Hall–Kier alpha value is -1.89. The molecule has 0 bridgehead atoms. The number of carbonyl (C=O) groups is 1. The SMILES string of the molecule is CCN(CC)S(=O)(=O)c1ccc(C)c(C(=O)NC(C)c2ccccc2Cl)c1. The van der Waals surface area contributed by atoms with Crippen LogP contribution in [0.15, 0.2) is 47.4 Å². The largest absolute Gasteiger partial charge is 0.345 e. The van der Waals surface area contributed by atoms with Crippen LogP contribution < -0.4 is 5.32 Å². The summed E-state index contributed by atoms with van der Waals surface area (Å²) in [6.07, 6.45) is 0. The first-order chi connectivity index (χ1) is 12.7. The molecule has 0 aliphatic heterocycles. The molecule has 0 fully saturated rings. The van der Waals surface area contributed by atoms with Crippen molar-refractivity contribution in [2.45, 2.75) is 38.6 Å². The molecular formula is C20H25ClN2O3S. The van der Waals surface area contributed by atoms with E-state index in [1.54, 1.807) is 32.9 Å². The monoisotopic (exact) mass is 408 g/mol. The highest BCUT2D eigenvalue weighted by Gasteiger charge is 2.24. The van der Waals surface area contributed by atoms with Gasteiger partial charge in [-0.1, -0.05) is 49.7 Å². The summed E-state index contributed by atoms with van der Waals surface area (Å²) < 4.78 is 26.9. The summed E-state index contributed by atoms with van der Waals surface area (Å²) in [6.45, 7) is 7.94. The third-order valence-electron chi connectivity index (χ3n) is 4.52. The van der Waals surface area contributed by atoms with Gasteiger partial charge in [-0.3, -0.25) is 4.79 Å². The van der Waals surface area contributed by atoms with E-state index in [1.165, 1.54) is 16.4 Å². The molecule has 146 valence electrons. The standard InChI is InChI=1S/C20H25ClN2O3S/c1-5-23(6-2)27(25,26)16-12-11-14(3)18(13-16)20(24)22-15(4)17-9-7-8-10-19(17)21/h7-13,15H,5-6H2,1-4H3,(H,22,24). The Bertz CT molecular complexity index is 925. The van der Waals surface area contributed by atoms with Crippen LogP contribution in [-0.4, -0.2) is 31.7 Å². The van der Waals surface area contributed by atoms with Gasteiger partial charge in [-0.2, -0.15) is 4.31 Å². The van der Waals surface area contributed by atoms with Crippen LogP contribution in [0.25, 0.3) is 0 Å². The number of sulfonamides is 1. The number of rotatable bonds is 7. The number of hydrogen-bond acceptors (Lipinski definition) is 3. The molecule has 0 saturated heterocycles. The van der Waals surface area contributed by atoms with Gasteiger partial charge in [0.25, 0.3) is 5.91 Å². The zero-order valence-corrected chi connectivity index (χ0v) is 17.6. The second-order valence-corrected chi connectivity index (χ2v) is 8.63. The predicted molar refractivity (Wildman–Crippen MR) is 109 cm³/mol. The maximum atomic E-state index is 12.8. The van der Waals surface area contributed by atoms with Crippen molar-refractivity contribution in [3.63, 3.8) is 0 Å². The molecule has 1 N–H and O–H groups in total. The van der Waals surface area contributed by atoms with Gasteiger partial charge in [-0.25, -0.2) is 8.42 Å². The first-order valence-electron chi connectivity index (χ1n) is 8.88. The van der Waals surface area contributed by atoms with E-state index in [4.69, 9.17) is 11.6 Å². The van der Waals surface area contributed by atoms with Gasteiger partial charge < -0.3 is 5.32 Å². The molecule has 1 unspecified atom stereocenters. The van der Waals surface area contributed by atoms with Gasteiger partial charge in [0.2, 0.25) is 10.0 Å². The van der Waals surface area contributed by atoms with Crippen molar-refractivity contribution in [2.24, 2.45) is 0 Å². The highest BCUT2D eigenvalue weighted by molar-refractivity contribution is 7.89. The minimum Gasteiger partial charge on any atom is -0.345 e. The first-order valence-corrected chi connectivity index (χ1v) is 10.7. The zero-order chi connectivity index (χ0) is 20.2. The van der Waals surface area contributed by atoms with Crippen LogP contribution in [0.1, 0.15) is 48.3 Å². The van der Waals surface area contributed by atoms with E-state index in [1.807, 2.05) is 25.1 Å². The summed E-state index contributed by atoms with van der Waals surface area (Å²) in [5, 5.41) is 3.47. The number of aryl methyl sites for hydroxylation is 1. The van der Waals surface area contributed by atoms with Crippen molar-refractivity contribution in [3.05, 3.63) is 64.2 Å². The normalized spacial score (nSPS) is 12.8. The molecule has 27 heavy (non-hydrogen) atoms. The third kappa shape index (κ3) is 4.69. The van der Waals surface area contributed by atoms with E-state index in [2.05, 4.69) is 5.32 Å². The Morgan fingerprint density at radius 3 is 2.37 bits per heavy atom. The van der Waals surface area contributed by atoms with Crippen LogP contribution in [0, 0.1) is 6.92 Å². The fourth-order valence-electron chi connectivity index (χ4n) is 2.90. The second kappa shape index (κ2) is 8.87. The summed E-state index contributed by atoms with van der Waals surface area (Å²) in [5.41, 5.74) is 1.84. The number of halogens is 1. The van der Waals surface area contributed by atoms with E-state index in [0.29, 0.717) is 29.2 Å². The van der Waals surface area contributed by atoms with Gasteiger partial charge >= 0.3 is 0 Å². The maximum Gasteiger partial charge on any atom is 0.252 e. The zero-order valence-electron chi connectivity index (χ0n) is 16.0. The van der Waals surface area contributed by atoms with Crippen molar-refractivity contribution < 1.29 is 13.2 Å². The van der Waals surface area contributed by atoms with Crippen LogP contribution in [0.3, 0.4) is 0 Å². The number of hydrogen-bond donors (Lipinski definition) is 1. The molecule has 0 saturated carbocycles. The summed E-state index contributed by atoms with van der Waals surface area (Å²) in [6, 6.07) is 11.6. The van der Waals surface area contributed by atoms with Crippen LogP contribution in [-0.2, 0) is 10.0 Å². The Balaban J connectivity index is 2.33. The Morgan fingerprint density at radius 2 is 1.78 bits per heavy atom. The van der Waals surface area contributed by atoms with E-state index in [-0.39, 0.29) is 16.8 Å². The predicted octanol–water partition coefficient (Wildman–Crippen LogP) is 4.17. The van der Waals surface area contributed by atoms with E-state index >= 15 is 0 Å². The van der Waals surface area contributed by atoms with Crippen LogP contribution >= 0.6 is 11.6 Å². The molecule has 2 aromatic carbocycles. The minimum absolute atomic E-state index is 0.118. The summed E-state index contributed by atoms with van der Waals surface area (Å²) >= 11 is 6.20. The van der Waals surface area contributed by atoms with Gasteiger partial charge in [0.15, 0.2) is 0 Å². The van der Waals surface area contributed by atoms with E-state index < -0.39 is 10.0 Å². The quantitative estimate of drug-likeness (QED) is 0.747. The molecule has 7 heteroatoms. The molecular weight excluding hydrogens is 384 g/mol. The smallest absolute Gasteiger partial charge is 0.252 e. The molecule has 0 radical (unpaired) electrons. The van der Waals surface area contributed by atoms with Crippen molar-refractivity contribution in [3.8, 4) is 0 Å². The number of carbonyl (C=O) groups excluding carboxylic acids is 1. The Morgan fingerprint density at radius 1 is 1.15 bits per heavy atom. The fourth-order valence-corrected chi connectivity index (χ4v) is 4.68. The van der Waals surface area contributed by atoms with Crippen molar-refractivity contribution in [1.29, 1.82) is 0 Å². The lowest BCUT2D eigenvalue weighted by Crippen LogP contribution is -2.31. The van der Waals surface area contributed by atoms with Crippen molar-refractivity contribution in [2.75, 3.05) is 13.1 Å². The molecule has 2 aromatic rings. The molecule has 0 heterocycles. The van der Waals surface area contributed by atoms with E-state index in [0.717, 1.165) is 5.56 Å². The van der Waals surface area contributed by atoms with Crippen molar-refractivity contribution in [1.82, 2.24) is 9.62 Å².